The molecular weight excluding hydrogens is 478 g/mol. The highest BCUT2D eigenvalue weighted by Gasteiger charge is 2.21. The number of nitriles is 1. The van der Waals surface area contributed by atoms with Crippen molar-refractivity contribution in [2.24, 2.45) is 0 Å². The normalized spacial score (nSPS) is 15.1. The van der Waals surface area contributed by atoms with Crippen molar-refractivity contribution in [2.75, 3.05) is 43.5 Å². The number of nitrogens with zero attached hydrogens (tertiary/aromatic N) is 3. The second-order valence-corrected chi connectivity index (χ2v) is 8.96. The van der Waals surface area contributed by atoms with E-state index in [-0.39, 0.29) is 12.0 Å². The summed E-state index contributed by atoms with van der Waals surface area (Å²) in [5.41, 5.74) is 3.88. The second-order valence-electron chi connectivity index (χ2n) is 8.96. The number of hydrogen-bond donors (Lipinski definition) is 2. The predicted molar refractivity (Wildman–Crippen MR) is 152 cm³/mol. The van der Waals surface area contributed by atoms with Gasteiger partial charge in [-0.25, -0.2) is 0 Å². The van der Waals surface area contributed by atoms with Crippen molar-refractivity contribution < 1.29 is 14.3 Å². The van der Waals surface area contributed by atoms with Gasteiger partial charge in [0.15, 0.2) is 0 Å². The number of carbonyl (C=O) groups excluding carboxylic acids is 1. The highest BCUT2D eigenvalue weighted by Crippen LogP contribution is 2.37. The number of benzene rings is 2. The highest BCUT2D eigenvalue weighted by atomic mass is 16.5. The summed E-state index contributed by atoms with van der Waals surface area (Å²) in [6.07, 6.45) is 7.34. The molecule has 1 fully saturated rings. The van der Waals surface area contributed by atoms with Crippen LogP contribution in [0.15, 0.2) is 61.3 Å². The van der Waals surface area contributed by atoms with E-state index in [0.29, 0.717) is 53.3 Å². The first-order chi connectivity index (χ1) is 18.5. The van der Waals surface area contributed by atoms with Gasteiger partial charge in [0, 0.05) is 42.4 Å². The Hall–Kier alpha value is -4.19. The average molecular weight is 512 g/mol. The summed E-state index contributed by atoms with van der Waals surface area (Å²) in [4.78, 5) is 19.6. The van der Waals surface area contributed by atoms with Gasteiger partial charge in [-0.1, -0.05) is 44.7 Å². The molecule has 2 N–H and O–H groups in total. The lowest BCUT2D eigenvalue weighted by molar-refractivity contribution is -0.111. The van der Waals surface area contributed by atoms with Crippen LogP contribution in [0.2, 0.25) is 0 Å². The lowest BCUT2D eigenvalue weighted by Gasteiger charge is -2.19. The fourth-order valence-corrected chi connectivity index (χ4v) is 4.27. The molecule has 38 heavy (non-hydrogen) atoms. The van der Waals surface area contributed by atoms with Gasteiger partial charge in [0.2, 0.25) is 5.91 Å². The summed E-state index contributed by atoms with van der Waals surface area (Å²) < 4.78 is 11.7. The van der Waals surface area contributed by atoms with E-state index in [0.717, 1.165) is 30.8 Å². The van der Waals surface area contributed by atoms with E-state index in [4.69, 9.17) is 9.47 Å². The minimum absolute atomic E-state index is 0.112. The molecular formula is C30H33N5O3. The van der Waals surface area contributed by atoms with Gasteiger partial charge in [0.05, 0.1) is 35.7 Å². The first-order valence-corrected chi connectivity index (χ1v) is 12.8. The van der Waals surface area contributed by atoms with Crippen LogP contribution in [-0.4, -0.2) is 54.7 Å². The van der Waals surface area contributed by atoms with E-state index in [1.54, 1.807) is 18.3 Å². The molecule has 0 unspecified atom stereocenters. The first kappa shape index (κ1) is 26.9. The second kappa shape index (κ2) is 12.9. The topological polar surface area (TPSA) is 99.5 Å². The molecule has 1 saturated heterocycles. The van der Waals surface area contributed by atoms with Gasteiger partial charge in [0.1, 0.15) is 17.9 Å². The summed E-state index contributed by atoms with van der Waals surface area (Å²) in [5, 5.41) is 16.9. The highest BCUT2D eigenvalue weighted by molar-refractivity contribution is 6.04. The molecule has 1 aromatic heterocycles. The zero-order chi connectivity index (χ0) is 26.9. The van der Waals surface area contributed by atoms with Gasteiger partial charge in [-0.2, -0.15) is 5.26 Å². The Kier molecular flexibility index (Phi) is 9.09. The number of pyridine rings is 1. The molecule has 4 rings (SSSR count). The van der Waals surface area contributed by atoms with Crippen LogP contribution in [0.4, 0.5) is 17.1 Å². The standard InChI is InChI=1S/C30H33N5O3/c1-4-21-9-7-10-23(15-21)33-30-22(18-31)19-32-26-17-28(38-24-12-14-37-20-24)27(16-25(26)30)34-29(36)11-8-13-35(5-2)6-3/h4,7-11,15-17,19,24H,1,5-6,12-14,20H2,2-3H3,(H,32,33)(H,34,36)/b11-8+/t24-/m0/s1. The maximum atomic E-state index is 12.9. The Labute approximate surface area is 223 Å². The van der Waals surface area contributed by atoms with Crippen LogP contribution in [0.3, 0.4) is 0 Å². The maximum absolute atomic E-state index is 12.9. The average Bonchev–Trinajstić information content (AvgIpc) is 3.45. The van der Waals surface area contributed by atoms with Crippen molar-refractivity contribution in [3.63, 3.8) is 0 Å². The van der Waals surface area contributed by atoms with Crippen molar-refractivity contribution in [3.05, 3.63) is 72.5 Å². The lowest BCUT2D eigenvalue weighted by Crippen LogP contribution is -2.23. The SMILES string of the molecule is C=Cc1cccc(Nc2c(C#N)cnc3cc(O[C@H]4CCOC4)c(NC(=O)/C=C/CN(CC)CC)cc23)c1. The largest absolute Gasteiger partial charge is 0.486 e. The fraction of sp³-hybridized carbons (Fsp3) is 0.300. The lowest BCUT2D eigenvalue weighted by atomic mass is 10.1. The summed E-state index contributed by atoms with van der Waals surface area (Å²) in [6, 6.07) is 13.6. The first-order valence-electron chi connectivity index (χ1n) is 12.8. The van der Waals surface area contributed by atoms with E-state index in [2.05, 4.69) is 47.0 Å². The van der Waals surface area contributed by atoms with Crippen LogP contribution in [0.25, 0.3) is 17.0 Å². The van der Waals surface area contributed by atoms with Crippen molar-refractivity contribution in [2.45, 2.75) is 26.4 Å². The molecule has 1 aliphatic rings. The van der Waals surface area contributed by atoms with Crippen LogP contribution < -0.4 is 15.4 Å². The molecule has 8 heteroatoms. The van der Waals surface area contributed by atoms with Gasteiger partial charge in [-0.05, 0) is 36.9 Å². The summed E-state index contributed by atoms with van der Waals surface area (Å²) in [7, 11) is 0. The molecule has 0 bridgehead atoms. The molecule has 3 aromatic rings. The van der Waals surface area contributed by atoms with E-state index in [1.165, 1.54) is 6.08 Å². The van der Waals surface area contributed by atoms with Crippen molar-refractivity contribution in [1.82, 2.24) is 9.88 Å². The number of hydrogen-bond acceptors (Lipinski definition) is 7. The Morgan fingerprint density at radius 2 is 2.16 bits per heavy atom. The minimum atomic E-state index is -0.262. The molecule has 196 valence electrons. The quantitative estimate of drug-likeness (QED) is 0.328. The van der Waals surface area contributed by atoms with E-state index < -0.39 is 0 Å². The van der Waals surface area contributed by atoms with E-state index >= 15 is 0 Å². The Morgan fingerprint density at radius 1 is 1.32 bits per heavy atom. The maximum Gasteiger partial charge on any atom is 0.248 e. The summed E-state index contributed by atoms with van der Waals surface area (Å²) in [5.74, 6) is 0.247. The van der Waals surface area contributed by atoms with Crippen LogP contribution in [0.1, 0.15) is 31.4 Å². The number of carbonyl (C=O) groups is 1. The van der Waals surface area contributed by atoms with Gasteiger partial charge < -0.3 is 25.0 Å². The number of amides is 1. The molecule has 0 spiro atoms. The number of fused-ring (bicyclic) bond motifs is 1. The molecule has 0 aliphatic carbocycles. The number of nitrogens with one attached hydrogen (secondary N) is 2. The minimum Gasteiger partial charge on any atom is -0.486 e. The molecule has 1 amide bonds. The molecule has 1 aliphatic heterocycles. The van der Waals surface area contributed by atoms with Crippen molar-refractivity contribution in [3.8, 4) is 11.8 Å². The molecule has 2 heterocycles. The molecule has 8 nitrogen and oxygen atoms in total. The third-order valence-electron chi connectivity index (χ3n) is 6.45. The van der Waals surface area contributed by atoms with Crippen molar-refractivity contribution in [1.29, 1.82) is 5.26 Å². The molecule has 1 atom stereocenters. The molecule has 0 saturated carbocycles. The number of ether oxygens (including phenoxy) is 2. The van der Waals surface area contributed by atoms with Gasteiger partial charge in [-0.15, -0.1) is 0 Å². The number of aromatic nitrogens is 1. The molecule has 2 aromatic carbocycles. The van der Waals surface area contributed by atoms with E-state index in [1.807, 2.05) is 36.4 Å². The zero-order valence-corrected chi connectivity index (χ0v) is 21.9. The van der Waals surface area contributed by atoms with Gasteiger partial charge in [-0.3, -0.25) is 9.78 Å². The summed E-state index contributed by atoms with van der Waals surface area (Å²) >= 11 is 0. The van der Waals surface area contributed by atoms with Crippen LogP contribution >= 0.6 is 0 Å². The van der Waals surface area contributed by atoms with Gasteiger partial charge in [0.25, 0.3) is 0 Å². The zero-order valence-electron chi connectivity index (χ0n) is 21.9. The molecule has 0 radical (unpaired) electrons. The Morgan fingerprint density at radius 3 is 2.87 bits per heavy atom. The third kappa shape index (κ3) is 6.57. The van der Waals surface area contributed by atoms with Crippen LogP contribution in [0.5, 0.6) is 5.75 Å². The summed E-state index contributed by atoms with van der Waals surface area (Å²) in [6.45, 7) is 11.6. The number of anilines is 3. The van der Waals surface area contributed by atoms with Crippen LogP contribution in [-0.2, 0) is 9.53 Å². The predicted octanol–water partition coefficient (Wildman–Crippen LogP) is 5.50. The number of likely N-dealkylation sites (N-methyl/N-ethyl adjacent to an activating group) is 1. The fourth-order valence-electron chi connectivity index (χ4n) is 4.27. The van der Waals surface area contributed by atoms with Crippen LogP contribution in [0, 0.1) is 11.3 Å². The van der Waals surface area contributed by atoms with E-state index in [9.17, 15) is 10.1 Å². The number of rotatable bonds is 11. The smallest absolute Gasteiger partial charge is 0.248 e. The van der Waals surface area contributed by atoms with Gasteiger partial charge >= 0.3 is 0 Å². The third-order valence-corrected chi connectivity index (χ3v) is 6.45. The monoisotopic (exact) mass is 511 g/mol. The Balaban J connectivity index is 1.72. The van der Waals surface area contributed by atoms with Crippen molar-refractivity contribution >= 4 is 39.9 Å². The Bertz CT molecular complexity index is 1370.